The fourth-order valence-corrected chi connectivity index (χ4v) is 3.62. The van der Waals surface area contributed by atoms with Gasteiger partial charge in [-0.1, -0.05) is 18.2 Å². The topological polar surface area (TPSA) is 12.5 Å². The summed E-state index contributed by atoms with van der Waals surface area (Å²) in [5, 5.41) is 0. The van der Waals surface area contributed by atoms with Gasteiger partial charge in [-0.15, -0.1) is 0 Å². The van der Waals surface area contributed by atoms with Crippen LogP contribution in [0.3, 0.4) is 0 Å². The van der Waals surface area contributed by atoms with Gasteiger partial charge in [0.15, 0.2) is 11.6 Å². The van der Waals surface area contributed by atoms with Crippen molar-refractivity contribution in [3.8, 4) is 16.9 Å². The first kappa shape index (κ1) is 20.7. The first-order valence-electron chi connectivity index (χ1n) is 9.81. The summed E-state index contributed by atoms with van der Waals surface area (Å²) in [6.07, 6.45) is 1.83. The molecule has 152 valence electrons. The molecule has 0 amide bonds. The Balaban J connectivity index is 1.55. The maximum atomic E-state index is 14.4. The van der Waals surface area contributed by atoms with Crippen LogP contribution in [0.2, 0.25) is 0 Å². The lowest BCUT2D eigenvalue weighted by atomic mass is 9.97. The highest BCUT2D eigenvalue weighted by molar-refractivity contribution is 5.64. The monoisotopic (exact) mass is 391 g/mol. The Bertz CT molecular complexity index is 808. The summed E-state index contributed by atoms with van der Waals surface area (Å²) in [6.45, 7) is 7.45. The zero-order valence-corrected chi connectivity index (χ0v) is 16.8. The molecule has 0 N–H and O–H groups in total. The van der Waals surface area contributed by atoms with Gasteiger partial charge in [0.05, 0.1) is 6.61 Å². The molecular weight excluding hydrogens is 363 g/mol. The number of hydrogen-bond donors (Lipinski definition) is 0. The number of alkyl halides is 1. The first-order valence-corrected chi connectivity index (χ1v) is 9.81. The Labute approximate surface area is 165 Å². The van der Waals surface area contributed by atoms with Gasteiger partial charge in [-0.05, 0) is 87.5 Å². The lowest BCUT2D eigenvalue weighted by molar-refractivity contribution is 0.0830. The molecule has 0 radical (unpaired) electrons. The van der Waals surface area contributed by atoms with E-state index in [1.165, 1.54) is 12.1 Å². The molecule has 3 rings (SSSR count). The minimum atomic E-state index is -1.19. The Kier molecular flexibility index (Phi) is 6.33. The van der Waals surface area contributed by atoms with E-state index < -0.39 is 11.5 Å². The third-order valence-corrected chi connectivity index (χ3v) is 5.22. The molecule has 1 aliphatic rings. The maximum absolute atomic E-state index is 14.4. The maximum Gasteiger partial charge on any atom is 0.165 e. The Hall–Kier alpha value is -2.01. The van der Waals surface area contributed by atoms with Crippen molar-refractivity contribution >= 4 is 0 Å². The Morgan fingerprint density at radius 1 is 1.00 bits per heavy atom. The third-order valence-electron chi connectivity index (χ3n) is 5.22. The van der Waals surface area contributed by atoms with Crippen LogP contribution in [0.1, 0.15) is 32.3 Å². The highest BCUT2D eigenvalue weighted by atomic mass is 19.1. The van der Waals surface area contributed by atoms with Gasteiger partial charge in [0.1, 0.15) is 11.5 Å². The van der Waals surface area contributed by atoms with Gasteiger partial charge in [-0.2, -0.15) is 0 Å². The van der Waals surface area contributed by atoms with Crippen LogP contribution in [0, 0.1) is 24.5 Å². The number of benzene rings is 2. The van der Waals surface area contributed by atoms with Crippen LogP contribution in [0.15, 0.2) is 36.4 Å². The lowest BCUT2D eigenvalue weighted by Gasteiger charge is -2.34. The number of rotatable bonds is 6. The summed E-state index contributed by atoms with van der Waals surface area (Å²) < 4.78 is 47.7. The molecule has 0 bridgehead atoms. The van der Waals surface area contributed by atoms with Crippen molar-refractivity contribution in [3.63, 3.8) is 0 Å². The fraction of sp³-hybridized carbons (Fsp3) is 0.478. The molecule has 0 unspecified atom stereocenters. The standard InChI is InChI=1S/C23H28F3NO/c1-16-4-5-18(12-20(16)24)19-6-7-22(21(25)13-19)28-14-17-8-10-27(11-9-17)15-23(2,3)26/h4-7,12-13,17H,8-11,14-15H2,1-3H3. The number of ether oxygens (including phenoxy) is 1. The molecule has 5 heteroatoms. The Morgan fingerprint density at radius 3 is 2.18 bits per heavy atom. The van der Waals surface area contributed by atoms with Gasteiger partial charge in [0.2, 0.25) is 0 Å². The van der Waals surface area contributed by atoms with Crippen LogP contribution in [0.25, 0.3) is 11.1 Å². The summed E-state index contributed by atoms with van der Waals surface area (Å²) in [5.41, 5.74) is 0.627. The van der Waals surface area contributed by atoms with Gasteiger partial charge >= 0.3 is 0 Å². The number of likely N-dealkylation sites (tertiary alicyclic amines) is 1. The number of halogens is 3. The van der Waals surface area contributed by atoms with Crippen molar-refractivity contribution < 1.29 is 17.9 Å². The van der Waals surface area contributed by atoms with E-state index >= 15 is 0 Å². The smallest absolute Gasteiger partial charge is 0.165 e. The van der Waals surface area contributed by atoms with E-state index in [1.54, 1.807) is 45.0 Å². The number of hydrogen-bond acceptors (Lipinski definition) is 2. The van der Waals surface area contributed by atoms with Gasteiger partial charge < -0.3 is 9.64 Å². The predicted molar refractivity (Wildman–Crippen MR) is 106 cm³/mol. The summed E-state index contributed by atoms with van der Waals surface area (Å²) >= 11 is 0. The Morgan fingerprint density at radius 2 is 1.61 bits per heavy atom. The van der Waals surface area contributed by atoms with Crippen molar-refractivity contribution in [2.45, 2.75) is 39.3 Å². The normalized spacial score (nSPS) is 16.4. The largest absolute Gasteiger partial charge is 0.490 e. The zero-order valence-electron chi connectivity index (χ0n) is 16.8. The highest BCUT2D eigenvalue weighted by Crippen LogP contribution is 2.28. The molecule has 1 saturated heterocycles. The summed E-state index contributed by atoms with van der Waals surface area (Å²) in [5.74, 6) is -0.205. The molecule has 0 spiro atoms. The van der Waals surface area contributed by atoms with Gasteiger partial charge in [-0.25, -0.2) is 13.2 Å². The summed E-state index contributed by atoms with van der Waals surface area (Å²) in [6, 6.07) is 9.60. The summed E-state index contributed by atoms with van der Waals surface area (Å²) in [7, 11) is 0. The van der Waals surface area contributed by atoms with E-state index in [0.717, 1.165) is 25.9 Å². The SMILES string of the molecule is Cc1ccc(-c2ccc(OCC3CCN(CC(C)(C)F)CC3)c(F)c2)cc1F. The van der Waals surface area contributed by atoms with E-state index in [0.29, 0.717) is 35.8 Å². The van der Waals surface area contributed by atoms with Crippen LogP contribution in [0.5, 0.6) is 5.75 Å². The van der Waals surface area contributed by atoms with E-state index in [9.17, 15) is 13.2 Å². The molecule has 0 atom stereocenters. The first-order chi connectivity index (χ1) is 13.2. The molecule has 2 aromatic rings. The molecule has 0 saturated carbocycles. The minimum Gasteiger partial charge on any atom is -0.490 e. The molecule has 1 aliphatic heterocycles. The molecule has 0 aromatic heterocycles. The second-order valence-corrected chi connectivity index (χ2v) is 8.36. The van der Waals surface area contributed by atoms with Crippen LogP contribution in [-0.2, 0) is 0 Å². The second-order valence-electron chi connectivity index (χ2n) is 8.36. The van der Waals surface area contributed by atoms with E-state index in [1.807, 2.05) is 0 Å². The zero-order chi connectivity index (χ0) is 20.3. The number of piperidine rings is 1. The quantitative estimate of drug-likeness (QED) is 0.619. The van der Waals surface area contributed by atoms with Crippen LogP contribution in [0.4, 0.5) is 13.2 Å². The molecule has 2 aromatic carbocycles. The van der Waals surface area contributed by atoms with Crippen molar-refractivity contribution in [2.75, 3.05) is 26.2 Å². The highest BCUT2D eigenvalue weighted by Gasteiger charge is 2.25. The molecule has 1 heterocycles. The van der Waals surface area contributed by atoms with E-state index in [4.69, 9.17) is 4.74 Å². The molecule has 0 aliphatic carbocycles. The molecular formula is C23H28F3NO. The van der Waals surface area contributed by atoms with E-state index in [-0.39, 0.29) is 11.6 Å². The van der Waals surface area contributed by atoms with Crippen molar-refractivity contribution in [1.82, 2.24) is 4.90 Å². The van der Waals surface area contributed by atoms with Crippen molar-refractivity contribution in [2.24, 2.45) is 5.92 Å². The number of nitrogens with zero attached hydrogens (tertiary/aromatic N) is 1. The number of aryl methyl sites for hydroxylation is 1. The predicted octanol–water partition coefficient (Wildman–Crippen LogP) is 5.78. The fourth-order valence-electron chi connectivity index (χ4n) is 3.62. The molecule has 28 heavy (non-hydrogen) atoms. The second kappa shape index (κ2) is 8.56. The van der Waals surface area contributed by atoms with E-state index in [2.05, 4.69) is 4.90 Å². The lowest BCUT2D eigenvalue weighted by Crippen LogP contribution is -2.41. The van der Waals surface area contributed by atoms with Gasteiger partial charge in [-0.3, -0.25) is 0 Å². The van der Waals surface area contributed by atoms with Gasteiger partial charge in [0, 0.05) is 6.54 Å². The third kappa shape index (κ3) is 5.51. The average Bonchev–Trinajstić information content (AvgIpc) is 2.63. The van der Waals surface area contributed by atoms with Crippen LogP contribution < -0.4 is 4.74 Å². The van der Waals surface area contributed by atoms with Crippen molar-refractivity contribution in [1.29, 1.82) is 0 Å². The van der Waals surface area contributed by atoms with Crippen LogP contribution in [-0.4, -0.2) is 36.8 Å². The minimum absolute atomic E-state index is 0.212. The average molecular weight is 391 g/mol. The van der Waals surface area contributed by atoms with Crippen molar-refractivity contribution in [3.05, 3.63) is 53.6 Å². The molecule has 2 nitrogen and oxygen atoms in total. The molecule has 1 fully saturated rings. The van der Waals surface area contributed by atoms with Gasteiger partial charge in [0.25, 0.3) is 0 Å². The van der Waals surface area contributed by atoms with Crippen LogP contribution >= 0.6 is 0 Å². The summed E-state index contributed by atoms with van der Waals surface area (Å²) in [4.78, 5) is 2.13.